The Labute approximate surface area is 92.7 Å². The first kappa shape index (κ1) is 12.2. The van der Waals surface area contributed by atoms with E-state index in [0.717, 1.165) is 19.4 Å². The van der Waals surface area contributed by atoms with Crippen molar-refractivity contribution in [3.05, 3.63) is 18.0 Å². The van der Waals surface area contributed by atoms with E-state index in [4.69, 9.17) is 5.73 Å². The van der Waals surface area contributed by atoms with Crippen molar-refractivity contribution >= 4 is 0 Å². The Morgan fingerprint density at radius 2 is 2.13 bits per heavy atom. The van der Waals surface area contributed by atoms with E-state index >= 15 is 0 Å². The van der Waals surface area contributed by atoms with Gasteiger partial charge < -0.3 is 5.73 Å². The molecule has 0 aromatic carbocycles. The zero-order valence-electron chi connectivity index (χ0n) is 10.3. The fourth-order valence-electron chi connectivity index (χ4n) is 1.87. The maximum Gasteiger partial charge on any atom is 0.0492 e. The first-order valence-electron chi connectivity index (χ1n) is 5.62. The van der Waals surface area contributed by atoms with Crippen molar-refractivity contribution in [2.24, 2.45) is 24.1 Å². The van der Waals surface area contributed by atoms with Crippen LogP contribution in [0.15, 0.2) is 12.3 Å². The van der Waals surface area contributed by atoms with E-state index in [1.165, 1.54) is 5.69 Å². The van der Waals surface area contributed by atoms with Crippen molar-refractivity contribution in [2.75, 3.05) is 6.54 Å². The molecule has 0 aliphatic heterocycles. The van der Waals surface area contributed by atoms with E-state index in [1.54, 1.807) is 0 Å². The van der Waals surface area contributed by atoms with Crippen LogP contribution in [0.5, 0.6) is 0 Å². The predicted molar refractivity (Wildman–Crippen MR) is 63.5 cm³/mol. The predicted octanol–water partition coefficient (Wildman–Crippen LogP) is 1.97. The molecule has 2 N–H and O–H groups in total. The van der Waals surface area contributed by atoms with Gasteiger partial charge in [-0.2, -0.15) is 5.10 Å². The van der Waals surface area contributed by atoms with Gasteiger partial charge in [-0.1, -0.05) is 20.8 Å². The molecular formula is C12H23N3. The molecule has 86 valence electrons. The highest BCUT2D eigenvalue weighted by molar-refractivity contribution is 5.00. The second-order valence-electron chi connectivity index (χ2n) is 5.28. The van der Waals surface area contributed by atoms with Gasteiger partial charge in [-0.25, -0.2) is 0 Å². The minimum atomic E-state index is 0.299. The van der Waals surface area contributed by atoms with Crippen LogP contribution in [-0.2, 0) is 13.5 Å². The van der Waals surface area contributed by atoms with Crippen LogP contribution >= 0.6 is 0 Å². The monoisotopic (exact) mass is 209 g/mol. The minimum absolute atomic E-state index is 0.299. The average Bonchev–Trinajstić information content (AvgIpc) is 2.50. The van der Waals surface area contributed by atoms with Crippen LogP contribution in [0, 0.1) is 11.3 Å². The van der Waals surface area contributed by atoms with E-state index in [9.17, 15) is 0 Å². The summed E-state index contributed by atoms with van der Waals surface area (Å²) in [5, 5.41) is 4.17. The van der Waals surface area contributed by atoms with Gasteiger partial charge in [-0.05, 0) is 36.8 Å². The number of nitrogens with two attached hydrogens (primary N) is 1. The quantitative estimate of drug-likeness (QED) is 0.824. The van der Waals surface area contributed by atoms with E-state index < -0.39 is 0 Å². The van der Waals surface area contributed by atoms with E-state index in [0.29, 0.717) is 11.3 Å². The third kappa shape index (κ3) is 3.34. The van der Waals surface area contributed by atoms with Crippen molar-refractivity contribution in [1.29, 1.82) is 0 Å². The fraction of sp³-hybridized carbons (Fsp3) is 0.750. The van der Waals surface area contributed by atoms with Gasteiger partial charge in [0.25, 0.3) is 0 Å². The highest BCUT2D eigenvalue weighted by Gasteiger charge is 2.22. The van der Waals surface area contributed by atoms with Crippen LogP contribution in [0.4, 0.5) is 0 Å². The van der Waals surface area contributed by atoms with E-state index in [2.05, 4.69) is 31.9 Å². The summed E-state index contributed by atoms with van der Waals surface area (Å²) in [6, 6.07) is 2.08. The van der Waals surface area contributed by atoms with Gasteiger partial charge in [0, 0.05) is 18.9 Å². The summed E-state index contributed by atoms with van der Waals surface area (Å²) in [6.45, 7) is 7.54. The molecule has 1 aromatic heterocycles. The summed E-state index contributed by atoms with van der Waals surface area (Å²) in [6.07, 6.45) is 4.05. The standard InChI is InChI=1S/C12H23N3/c1-12(2,3)10(9-13)5-6-11-7-8-14-15(11)4/h7-8,10H,5-6,9,13H2,1-4H3. The van der Waals surface area contributed by atoms with Crippen molar-refractivity contribution in [3.63, 3.8) is 0 Å². The summed E-state index contributed by atoms with van der Waals surface area (Å²) in [4.78, 5) is 0. The lowest BCUT2D eigenvalue weighted by atomic mass is 9.78. The molecule has 1 unspecified atom stereocenters. The summed E-state index contributed by atoms with van der Waals surface area (Å²) >= 11 is 0. The first-order chi connectivity index (χ1) is 6.95. The lowest BCUT2D eigenvalue weighted by Crippen LogP contribution is -2.28. The molecule has 0 spiro atoms. The molecule has 1 rings (SSSR count). The molecule has 0 radical (unpaired) electrons. The molecule has 0 saturated heterocycles. The van der Waals surface area contributed by atoms with Crippen molar-refractivity contribution in [2.45, 2.75) is 33.6 Å². The normalized spacial score (nSPS) is 14.2. The van der Waals surface area contributed by atoms with Gasteiger partial charge in [0.15, 0.2) is 0 Å². The van der Waals surface area contributed by atoms with Gasteiger partial charge in [0.05, 0.1) is 0 Å². The summed E-state index contributed by atoms with van der Waals surface area (Å²) < 4.78 is 1.94. The largest absolute Gasteiger partial charge is 0.330 e. The zero-order chi connectivity index (χ0) is 11.5. The molecule has 0 bridgehead atoms. The van der Waals surface area contributed by atoms with Crippen molar-refractivity contribution < 1.29 is 0 Å². The van der Waals surface area contributed by atoms with Crippen LogP contribution in [0.1, 0.15) is 32.9 Å². The molecule has 3 heteroatoms. The molecule has 1 aromatic rings. The molecule has 0 aliphatic carbocycles. The van der Waals surface area contributed by atoms with Gasteiger partial charge in [-0.3, -0.25) is 4.68 Å². The molecule has 1 heterocycles. The Kier molecular flexibility index (Phi) is 3.91. The van der Waals surface area contributed by atoms with Gasteiger partial charge in [0.1, 0.15) is 0 Å². The molecule has 0 saturated carbocycles. The summed E-state index contributed by atoms with van der Waals surface area (Å²) in [5.74, 6) is 0.576. The molecule has 0 amide bonds. The lowest BCUT2D eigenvalue weighted by Gasteiger charge is -2.29. The summed E-state index contributed by atoms with van der Waals surface area (Å²) in [7, 11) is 1.99. The SMILES string of the molecule is Cn1nccc1CCC(CN)C(C)(C)C. The second-order valence-corrected chi connectivity index (χ2v) is 5.28. The maximum atomic E-state index is 5.81. The molecule has 15 heavy (non-hydrogen) atoms. The fourth-order valence-corrected chi connectivity index (χ4v) is 1.87. The molecule has 0 aliphatic rings. The highest BCUT2D eigenvalue weighted by atomic mass is 15.2. The van der Waals surface area contributed by atoms with Gasteiger partial charge in [-0.15, -0.1) is 0 Å². The van der Waals surface area contributed by atoms with Gasteiger partial charge in [0.2, 0.25) is 0 Å². The molecule has 0 fully saturated rings. The number of hydrogen-bond acceptors (Lipinski definition) is 2. The second kappa shape index (κ2) is 4.79. The Balaban J connectivity index is 2.52. The number of aromatic nitrogens is 2. The van der Waals surface area contributed by atoms with Crippen LogP contribution < -0.4 is 5.73 Å². The van der Waals surface area contributed by atoms with E-state index in [-0.39, 0.29) is 0 Å². The highest BCUT2D eigenvalue weighted by Crippen LogP contribution is 2.28. The van der Waals surface area contributed by atoms with E-state index in [1.807, 2.05) is 17.9 Å². The van der Waals surface area contributed by atoms with Crippen molar-refractivity contribution in [1.82, 2.24) is 9.78 Å². The Morgan fingerprint density at radius 3 is 2.53 bits per heavy atom. The molecular weight excluding hydrogens is 186 g/mol. The van der Waals surface area contributed by atoms with Gasteiger partial charge >= 0.3 is 0 Å². The maximum absolute atomic E-state index is 5.81. The molecule has 1 atom stereocenters. The third-order valence-corrected chi connectivity index (χ3v) is 3.18. The van der Waals surface area contributed by atoms with Crippen LogP contribution in [-0.4, -0.2) is 16.3 Å². The summed E-state index contributed by atoms with van der Waals surface area (Å²) in [5.41, 5.74) is 7.40. The van der Waals surface area contributed by atoms with Crippen molar-refractivity contribution in [3.8, 4) is 0 Å². The smallest absolute Gasteiger partial charge is 0.0492 e. The van der Waals surface area contributed by atoms with Crippen LogP contribution in [0.25, 0.3) is 0 Å². The zero-order valence-corrected chi connectivity index (χ0v) is 10.3. The number of rotatable bonds is 4. The average molecular weight is 209 g/mol. The van der Waals surface area contributed by atoms with Crippen LogP contribution in [0.3, 0.4) is 0 Å². The topological polar surface area (TPSA) is 43.8 Å². The number of hydrogen-bond donors (Lipinski definition) is 1. The third-order valence-electron chi connectivity index (χ3n) is 3.18. The Hall–Kier alpha value is -0.830. The minimum Gasteiger partial charge on any atom is -0.330 e. The lowest BCUT2D eigenvalue weighted by molar-refractivity contribution is 0.232. The first-order valence-corrected chi connectivity index (χ1v) is 5.62. The number of aryl methyl sites for hydroxylation is 2. The Bertz CT molecular complexity index is 296. The Morgan fingerprint density at radius 1 is 1.47 bits per heavy atom. The molecule has 3 nitrogen and oxygen atoms in total. The number of nitrogens with zero attached hydrogens (tertiary/aromatic N) is 2. The van der Waals surface area contributed by atoms with Crippen LogP contribution in [0.2, 0.25) is 0 Å².